The van der Waals surface area contributed by atoms with Crippen LogP contribution in [0.15, 0.2) is 60.7 Å². The molecule has 3 amide bonds. The first-order valence-electron chi connectivity index (χ1n) is 20.4. The van der Waals surface area contributed by atoms with Gasteiger partial charge < -0.3 is 30.1 Å². The van der Waals surface area contributed by atoms with E-state index in [4.69, 9.17) is 9.47 Å². The Bertz CT molecular complexity index is 1760. The molecule has 3 aliphatic rings. The number of esters is 1. The van der Waals surface area contributed by atoms with Gasteiger partial charge in [-0.05, 0) is 101 Å². The standard InChI is InChI=1S/C45H61N3O9/c1-29(50)35-17-18-36-34(37(20-21-44(35,36)6)45(28-49)22-19-33(24-39(45)52)56-30(2)51)26-48(27-40(53)46-25-32-15-11-8-12-16-32)41(54)38(23-31-13-9-7-10-14-31)47-42(55)57-43(3,4)5/h7-16,33-38,49H,17-28H2,1-6H3,(H,46,53)(H,47,55)/t33-,34?,35+,36?,37?,38-,44+,45-/m0/s1. The highest BCUT2D eigenvalue weighted by molar-refractivity contribution is 5.90. The maximum Gasteiger partial charge on any atom is 0.408 e. The van der Waals surface area contributed by atoms with Crippen molar-refractivity contribution in [3.8, 4) is 0 Å². The summed E-state index contributed by atoms with van der Waals surface area (Å²) in [6.07, 6.45) is 1.97. The minimum atomic E-state index is -1.17. The zero-order valence-corrected chi connectivity index (χ0v) is 34.4. The molecule has 3 unspecified atom stereocenters. The topological polar surface area (TPSA) is 168 Å². The monoisotopic (exact) mass is 787 g/mol. The number of aliphatic hydroxyl groups is 1. The van der Waals surface area contributed by atoms with E-state index in [0.717, 1.165) is 11.1 Å². The van der Waals surface area contributed by atoms with Crippen LogP contribution < -0.4 is 10.6 Å². The molecule has 0 aliphatic heterocycles. The second kappa shape index (κ2) is 18.3. The Morgan fingerprint density at radius 3 is 2.12 bits per heavy atom. The Labute approximate surface area is 336 Å². The summed E-state index contributed by atoms with van der Waals surface area (Å²) in [5.74, 6) is -2.55. The van der Waals surface area contributed by atoms with E-state index < -0.39 is 65.0 Å². The molecule has 0 radical (unpaired) electrons. The average molecular weight is 788 g/mol. The molecular formula is C45H61N3O9. The zero-order valence-electron chi connectivity index (χ0n) is 34.4. The fourth-order valence-corrected chi connectivity index (χ4v) is 10.2. The Morgan fingerprint density at radius 2 is 1.54 bits per heavy atom. The SMILES string of the molecule is CC(=O)O[C@H]1CC[C@](CO)(C2CC[C@@]3(C)C(CC[C@@H]3C(C)=O)C2CN(CC(=O)NCc2ccccc2)C(=O)[C@H](Cc2ccccc2)NC(=O)OC(C)(C)C)C(=O)C1. The molecule has 3 N–H and O–H groups in total. The average Bonchev–Trinajstić information content (AvgIpc) is 3.51. The van der Waals surface area contributed by atoms with E-state index in [-0.39, 0.29) is 61.8 Å². The Morgan fingerprint density at radius 1 is 0.895 bits per heavy atom. The van der Waals surface area contributed by atoms with Gasteiger partial charge in [0.25, 0.3) is 0 Å². The number of rotatable bonds is 14. The maximum absolute atomic E-state index is 15.1. The Kier molecular flexibility index (Phi) is 14.0. The number of ketones is 2. The van der Waals surface area contributed by atoms with Gasteiger partial charge in [-0.15, -0.1) is 0 Å². The molecule has 2 aromatic carbocycles. The molecule has 57 heavy (non-hydrogen) atoms. The predicted molar refractivity (Wildman–Crippen MR) is 213 cm³/mol. The van der Waals surface area contributed by atoms with Gasteiger partial charge in [0.2, 0.25) is 11.8 Å². The smallest absolute Gasteiger partial charge is 0.408 e. The van der Waals surface area contributed by atoms with Gasteiger partial charge in [-0.25, -0.2) is 4.79 Å². The molecule has 2 aromatic rings. The summed E-state index contributed by atoms with van der Waals surface area (Å²) < 4.78 is 11.0. The molecule has 3 fully saturated rings. The molecule has 0 heterocycles. The van der Waals surface area contributed by atoms with Gasteiger partial charge in [0.1, 0.15) is 29.3 Å². The van der Waals surface area contributed by atoms with E-state index in [0.29, 0.717) is 38.5 Å². The first kappa shape index (κ1) is 43.5. The molecule has 310 valence electrons. The number of carbonyl (C=O) groups excluding carboxylic acids is 6. The van der Waals surface area contributed by atoms with Crippen LogP contribution in [0.4, 0.5) is 4.79 Å². The molecule has 12 nitrogen and oxygen atoms in total. The van der Waals surface area contributed by atoms with Crippen LogP contribution in [-0.2, 0) is 46.4 Å². The van der Waals surface area contributed by atoms with E-state index in [9.17, 15) is 29.1 Å². The minimum absolute atomic E-state index is 0.0230. The summed E-state index contributed by atoms with van der Waals surface area (Å²) in [6.45, 7) is 9.82. The summed E-state index contributed by atoms with van der Waals surface area (Å²) in [7, 11) is 0. The van der Waals surface area contributed by atoms with Gasteiger partial charge in [0, 0.05) is 38.8 Å². The van der Waals surface area contributed by atoms with Crippen molar-refractivity contribution in [1.82, 2.24) is 15.5 Å². The number of nitrogens with one attached hydrogen (secondary N) is 2. The second-order valence-electron chi connectivity index (χ2n) is 17.7. The number of carbonyl (C=O) groups is 6. The van der Waals surface area contributed by atoms with Crippen molar-refractivity contribution < 1.29 is 43.3 Å². The first-order chi connectivity index (χ1) is 27.0. The fraction of sp³-hybridized carbons (Fsp3) is 0.600. The molecule has 3 saturated carbocycles. The van der Waals surface area contributed by atoms with Gasteiger partial charge in [0.15, 0.2) is 0 Å². The van der Waals surface area contributed by atoms with E-state index in [2.05, 4.69) is 17.6 Å². The predicted octanol–water partition coefficient (Wildman–Crippen LogP) is 5.58. The molecule has 5 rings (SSSR count). The van der Waals surface area contributed by atoms with Crippen molar-refractivity contribution in [2.45, 2.75) is 117 Å². The second-order valence-corrected chi connectivity index (χ2v) is 17.7. The number of alkyl carbamates (subject to hydrolysis) is 1. The summed E-state index contributed by atoms with van der Waals surface area (Å²) in [5, 5.41) is 17.0. The van der Waals surface area contributed by atoms with E-state index in [1.165, 1.54) is 11.8 Å². The summed E-state index contributed by atoms with van der Waals surface area (Å²) in [5.41, 5.74) is -0.757. The highest BCUT2D eigenvalue weighted by Gasteiger charge is 2.61. The number of hydrogen-bond donors (Lipinski definition) is 3. The van der Waals surface area contributed by atoms with Gasteiger partial charge in [0.05, 0.1) is 18.6 Å². The van der Waals surface area contributed by atoms with Crippen molar-refractivity contribution in [3.63, 3.8) is 0 Å². The molecule has 0 saturated heterocycles. The maximum atomic E-state index is 15.1. The van der Waals surface area contributed by atoms with Crippen LogP contribution in [0.2, 0.25) is 0 Å². The number of nitrogens with zero attached hydrogens (tertiary/aromatic N) is 1. The van der Waals surface area contributed by atoms with Crippen molar-refractivity contribution in [2.24, 2.45) is 34.5 Å². The normalized spacial score (nSPS) is 27.7. The molecular weight excluding hydrogens is 727 g/mol. The van der Waals surface area contributed by atoms with Crippen LogP contribution in [0.1, 0.15) is 97.6 Å². The summed E-state index contributed by atoms with van der Waals surface area (Å²) in [4.78, 5) is 83.0. The first-order valence-corrected chi connectivity index (χ1v) is 20.4. The highest BCUT2D eigenvalue weighted by atomic mass is 16.6. The molecule has 0 spiro atoms. The minimum Gasteiger partial charge on any atom is -0.462 e. The van der Waals surface area contributed by atoms with Crippen LogP contribution in [0.25, 0.3) is 0 Å². The highest BCUT2D eigenvalue weighted by Crippen LogP contribution is 2.63. The van der Waals surface area contributed by atoms with Crippen LogP contribution >= 0.6 is 0 Å². The number of fused-ring (bicyclic) bond motifs is 1. The lowest BCUT2D eigenvalue weighted by atomic mass is 9.50. The van der Waals surface area contributed by atoms with E-state index >= 15 is 4.79 Å². The molecule has 8 atom stereocenters. The third-order valence-electron chi connectivity index (χ3n) is 12.8. The van der Waals surface area contributed by atoms with Crippen molar-refractivity contribution in [2.75, 3.05) is 19.7 Å². The van der Waals surface area contributed by atoms with Crippen LogP contribution in [0.5, 0.6) is 0 Å². The number of Topliss-reactive ketones (excluding diaryl/α,β-unsaturated/α-hetero) is 2. The number of hydrogen-bond acceptors (Lipinski definition) is 9. The molecule has 0 aromatic heterocycles. The lowest BCUT2D eigenvalue weighted by Gasteiger charge is -2.55. The van der Waals surface area contributed by atoms with Crippen LogP contribution in [0.3, 0.4) is 0 Å². The quantitative estimate of drug-likeness (QED) is 0.207. The van der Waals surface area contributed by atoms with Crippen LogP contribution in [0, 0.1) is 34.5 Å². The van der Waals surface area contributed by atoms with Crippen molar-refractivity contribution >= 4 is 35.4 Å². The lowest BCUT2D eigenvalue weighted by Crippen LogP contribution is -2.59. The molecule has 0 bridgehead atoms. The molecule has 3 aliphatic carbocycles. The van der Waals surface area contributed by atoms with Crippen molar-refractivity contribution in [1.29, 1.82) is 0 Å². The fourth-order valence-electron chi connectivity index (χ4n) is 10.2. The number of amides is 3. The number of benzene rings is 2. The third kappa shape index (κ3) is 10.5. The van der Waals surface area contributed by atoms with Gasteiger partial charge in [-0.1, -0.05) is 67.6 Å². The van der Waals surface area contributed by atoms with E-state index in [1.54, 1.807) is 27.7 Å². The lowest BCUT2D eigenvalue weighted by molar-refractivity contribution is -0.163. The van der Waals surface area contributed by atoms with Crippen LogP contribution in [-0.4, -0.2) is 82.9 Å². The van der Waals surface area contributed by atoms with Crippen molar-refractivity contribution in [3.05, 3.63) is 71.8 Å². The van der Waals surface area contributed by atoms with Gasteiger partial charge in [-0.3, -0.25) is 24.0 Å². The third-order valence-corrected chi connectivity index (χ3v) is 12.8. The number of ether oxygens (including phenoxy) is 2. The Hall–Kier alpha value is -4.58. The largest absolute Gasteiger partial charge is 0.462 e. The van der Waals surface area contributed by atoms with Gasteiger partial charge in [-0.2, -0.15) is 0 Å². The summed E-state index contributed by atoms with van der Waals surface area (Å²) >= 11 is 0. The van der Waals surface area contributed by atoms with Gasteiger partial charge >= 0.3 is 12.1 Å². The summed E-state index contributed by atoms with van der Waals surface area (Å²) in [6, 6.07) is 17.6. The molecule has 12 heteroatoms. The van der Waals surface area contributed by atoms with E-state index in [1.807, 2.05) is 60.7 Å². The Balaban J connectivity index is 1.55. The number of aliphatic hydroxyl groups excluding tert-OH is 1. The zero-order chi connectivity index (χ0) is 41.5.